The summed E-state index contributed by atoms with van der Waals surface area (Å²) in [6.45, 7) is 0. The van der Waals surface area contributed by atoms with Gasteiger partial charge < -0.3 is 8.98 Å². The van der Waals surface area contributed by atoms with Gasteiger partial charge in [-0.15, -0.1) is 11.3 Å². The Balaban J connectivity index is 1.19. The Bertz CT molecular complexity index is 3420. The molecule has 12 rings (SSSR count). The Morgan fingerprint density at radius 1 is 0.421 bits per heavy atom. The number of hydrogen-bond acceptors (Lipinski definition) is 5. The van der Waals surface area contributed by atoms with Crippen LogP contribution in [0.15, 0.2) is 186 Å². The Labute approximate surface area is 330 Å². The predicted octanol–water partition coefficient (Wildman–Crippen LogP) is 13.9. The number of furan rings is 1. The van der Waals surface area contributed by atoms with Crippen LogP contribution in [0.25, 0.3) is 115 Å². The summed E-state index contributed by atoms with van der Waals surface area (Å²) in [5.41, 5.74) is 10.1. The summed E-state index contributed by atoms with van der Waals surface area (Å²) in [6.07, 6.45) is 0. The lowest BCUT2D eigenvalue weighted by molar-refractivity contribution is 0.673. The molecule has 12 aromatic rings. The van der Waals surface area contributed by atoms with Crippen molar-refractivity contribution < 1.29 is 4.42 Å². The van der Waals surface area contributed by atoms with Crippen LogP contribution < -0.4 is 0 Å². The van der Waals surface area contributed by atoms with E-state index >= 15 is 0 Å². The molecule has 0 aliphatic heterocycles. The zero-order chi connectivity index (χ0) is 37.5. The van der Waals surface area contributed by atoms with Gasteiger partial charge in [0.05, 0.1) is 11.0 Å². The van der Waals surface area contributed by atoms with E-state index in [0.29, 0.717) is 17.5 Å². The van der Waals surface area contributed by atoms with Gasteiger partial charge in [-0.1, -0.05) is 140 Å². The molecule has 0 unspecified atom stereocenters. The van der Waals surface area contributed by atoms with Crippen molar-refractivity contribution in [2.75, 3.05) is 0 Å². The van der Waals surface area contributed by atoms with E-state index < -0.39 is 0 Å². The fourth-order valence-corrected chi connectivity index (χ4v) is 9.71. The van der Waals surface area contributed by atoms with Crippen molar-refractivity contribution in [1.29, 1.82) is 0 Å². The summed E-state index contributed by atoms with van der Waals surface area (Å²) in [5.74, 6) is 1.88. The summed E-state index contributed by atoms with van der Waals surface area (Å²) in [6, 6.07) is 63.7. The normalized spacial score (nSPS) is 11.9. The zero-order valence-electron chi connectivity index (χ0n) is 30.4. The third kappa shape index (κ3) is 4.98. The molecule has 0 N–H and O–H groups in total. The highest BCUT2D eigenvalue weighted by Gasteiger charge is 2.23. The first-order chi connectivity index (χ1) is 28.3. The minimum atomic E-state index is 0.620. The average molecular weight is 747 g/mol. The molecule has 8 aromatic carbocycles. The molecule has 0 saturated carbocycles. The van der Waals surface area contributed by atoms with E-state index in [1.165, 1.54) is 20.2 Å². The van der Waals surface area contributed by atoms with Gasteiger partial charge in [-0.3, -0.25) is 0 Å². The van der Waals surface area contributed by atoms with Gasteiger partial charge in [0.25, 0.3) is 0 Å². The number of rotatable bonds is 5. The lowest BCUT2D eigenvalue weighted by atomic mass is 9.96. The van der Waals surface area contributed by atoms with E-state index in [2.05, 4.69) is 144 Å². The van der Waals surface area contributed by atoms with Crippen molar-refractivity contribution in [2.24, 2.45) is 0 Å². The molecule has 0 fully saturated rings. The molecule has 0 atom stereocenters. The quantitative estimate of drug-likeness (QED) is 0.176. The van der Waals surface area contributed by atoms with Crippen molar-refractivity contribution in [3.05, 3.63) is 182 Å². The van der Waals surface area contributed by atoms with Crippen LogP contribution in [0.5, 0.6) is 0 Å². The highest BCUT2D eigenvalue weighted by molar-refractivity contribution is 7.26. The summed E-state index contributed by atoms with van der Waals surface area (Å²) in [5, 5.41) is 6.96. The molecule has 0 radical (unpaired) electrons. The van der Waals surface area contributed by atoms with Gasteiger partial charge in [0.15, 0.2) is 17.5 Å². The first kappa shape index (κ1) is 31.9. The molecule has 0 aliphatic rings. The number of fused-ring (bicyclic) bond motifs is 10. The van der Waals surface area contributed by atoms with Gasteiger partial charge in [-0.2, -0.15) is 0 Å². The fraction of sp³-hybridized carbons (Fsp3) is 0. The molecule has 4 aromatic heterocycles. The molecule has 0 aliphatic carbocycles. The maximum atomic E-state index is 6.73. The smallest absolute Gasteiger partial charge is 0.164 e. The molecular formula is C51H30N4OS. The van der Waals surface area contributed by atoms with E-state index in [1.807, 2.05) is 42.5 Å². The molecular weight excluding hydrogens is 717 g/mol. The second-order valence-corrected chi connectivity index (χ2v) is 15.4. The van der Waals surface area contributed by atoms with Crippen LogP contribution in [0.1, 0.15) is 0 Å². The summed E-state index contributed by atoms with van der Waals surface area (Å²) < 4.78 is 11.5. The Morgan fingerprint density at radius 2 is 0.982 bits per heavy atom. The van der Waals surface area contributed by atoms with Crippen LogP contribution in [0.3, 0.4) is 0 Å². The van der Waals surface area contributed by atoms with E-state index in [-0.39, 0.29) is 0 Å². The van der Waals surface area contributed by atoms with E-state index in [9.17, 15) is 0 Å². The highest BCUT2D eigenvalue weighted by Crippen LogP contribution is 2.48. The number of para-hydroxylation sites is 3. The number of benzene rings is 8. The van der Waals surface area contributed by atoms with Crippen LogP contribution >= 0.6 is 11.3 Å². The number of thiophene rings is 1. The van der Waals surface area contributed by atoms with Crippen molar-refractivity contribution in [2.45, 2.75) is 0 Å². The summed E-state index contributed by atoms with van der Waals surface area (Å²) in [7, 11) is 0. The minimum absolute atomic E-state index is 0.620. The van der Waals surface area contributed by atoms with E-state index in [4.69, 9.17) is 19.4 Å². The topological polar surface area (TPSA) is 56.7 Å². The summed E-state index contributed by atoms with van der Waals surface area (Å²) in [4.78, 5) is 15.4. The van der Waals surface area contributed by atoms with E-state index in [1.54, 1.807) is 11.3 Å². The van der Waals surface area contributed by atoms with Crippen molar-refractivity contribution >= 4 is 75.3 Å². The molecule has 0 bridgehead atoms. The lowest BCUT2D eigenvalue weighted by Crippen LogP contribution is -2.01. The molecule has 0 amide bonds. The first-order valence-corrected chi connectivity index (χ1v) is 19.8. The van der Waals surface area contributed by atoms with Gasteiger partial charge >= 0.3 is 0 Å². The SMILES string of the molecule is c1ccc(-c2nc(-c3ccccc3)nc(-c3ccccc3-c3cc(-n4c5ccccc5c5ccccc54)cc4c3sc3ccc5c6ccccc6oc5c34)n2)cc1. The van der Waals surface area contributed by atoms with Gasteiger partial charge in [0.2, 0.25) is 0 Å². The predicted molar refractivity (Wildman–Crippen MR) is 236 cm³/mol. The van der Waals surface area contributed by atoms with Crippen LogP contribution in [0.4, 0.5) is 0 Å². The number of nitrogens with zero attached hydrogens (tertiary/aromatic N) is 4. The molecule has 266 valence electrons. The third-order valence-corrected chi connectivity index (χ3v) is 12.3. The molecule has 5 nitrogen and oxygen atoms in total. The second kappa shape index (κ2) is 12.6. The van der Waals surface area contributed by atoms with Gasteiger partial charge in [0, 0.05) is 69.7 Å². The van der Waals surface area contributed by atoms with Gasteiger partial charge in [0.1, 0.15) is 11.2 Å². The largest absolute Gasteiger partial charge is 0.455 e. The summed E-state index contributed by atoms with van der Waals surface area (Å²) >= 11 is 1.80. The monoisotopic (exact) mass is 746 g/mol. The maximum absolute atomic E-state index is 6.73. The fourth-order valence-electron chi connectivity index (χ4n) is 8.50. The molecule has 57 heavy (non-hydrogen) atoms. The maximum Gasteiger partial charge on any atom is 0.164 e. The first-order valence-electron chi connectivity index (χ1n) is 19.0. The number of hydrogen-bond donors (Lipinski definition) is 0. The van der Waals surface area contributed by atoms with Crippen LogP contribution in [-0.2, 0) is 0 Å². The second-order valence-electron chi connectivity index (χ2n) is 14.3. The van der Waals surface area contributed by atoms with E-state index in [0.717, 1.165) is 77.2 Å². The minimum Gasteiger partial charge on any atom is -0.455 e. The lowest BCUT2D eigenvalue weighted by Gasteiger charge is -2.15. The standard InChI is InChI=1S/C51H30N4OS/c1-3-15-31(16-4-1)49-52-50(32-17-5-2-6-18-32)54-51(53-49)39-23-8-7-19-34(39)40-29-33(55-42-24-12-9-20-35(42)36-21-10-13-25-43(36)55)30-41-46-45(57-48(40)41)28-27-38-37-22-11-14-26-44(37)56-47(38)46/h1-30H. The van der Waals surface area contributed by atoms with Crippen LogP contribution in [0.2, 0.25) is 0 Å². The van der Waals surface area contributed by atoms with Crippen molar-refractivity contribution in [3.63, 3.8) is 0 Å². The van der Waals surface area contributed by atoms with Crippen molar-refractivity contribution in [3.8, 4) is 51.0 Å². The van der Waals surface area contributed by atoms with Gasteiger partial charge in [-0.25, -0.2) is 15.0 Å². The molecule has 0 saturated heterocycles. The molecule has 6 heteroatoms. The van der Waals surface area contributed by atoms with Crippen molar-refractivity contribution in [1.82, 2.24) is 19.5 Å². The number of aromatic nitrogens is 4. The van der Waals surface area contributed by atoms with Gasteiger partial charge in [-0.05, 0) is 48.0 Å². The molecule has 0 spiro atoms. The third-order valence-electron chi connectivity index (χ3n) is 11.1. The Hall–Kier alpha value is -7.41. The average Bonchev–Trinajstić information content (AvgIpc) is 3.96. The zero-order valence-corrected chi connectivity index (χ0v) is 31.2. The highest BCUT2D eigenvalue weighted by atomic mass is 32.1. The van der Waals surface area contributed by atoms with Crippen LogP contribution in [0, 0.1) is 0 Å². The Morgan fingerprint density at radius 3 is 1.67 bits per heavy atom. The molecule has 4 heterocycles. The Kier molecular flexibility index (Phi) is 7.03. The van der Waals surface area contributed by atoms with Crippen LogP contribution in [-0.4, -0.2) is 19.5 Å².